The van der Waals surface area contributed by atoms with Crippen LogP contribution in [0.2, 0.25) is 0 Å². The Morgan fingerprint density at radius 2 is 1.74 bits per heavy atom. The minimum atomic E-state index is -3.37. The van der Waals surface area contributed by atoms with Crippen molar-refractivity contribution < 1.29 is 13.2 Å². The molecular formula is C23H32N4O3S. The summed E-state index contributed by atoms with van der Waals surface area (Å²) in [6.45, 7) is 5.67. The van der Waals surface area contributed by atoms with E-state index in [1.807, 2.05) is 53.9 Å². The van der Waals surface area contributed by atoms with Crippen molar-refractivity contribution in [3.05, 3.63) is 52.8 Å². The zero-order chi connectivity index (χ0) is 22.2. The fourth-order valence-electron chi connectivity index (χ4n) is 5.09. The van der Waals surface area contributed by atoms with Crippen LogP contribution < -0.4 is 0 Å². The first kappa shape index (κ1) is 22.0. The lowest BCUT2D eigenvalue weighted by Crippen LogP contribution is -2.44. The minimum Gasteiger partial charge on any atom is -0.335 e. The van der Waals surface area contributed by atoms with Gasteiger partial charge < -0.3 is 4.90 Å². The van der Waals surface area contributed by atoms with Gasteiger partial charge in [-0.05, 0) is 45.1 Å². The number of likely N-dealkylation sites (tertiary alicyclic amines) is 1. The third kappa shape index (κ3) is 4.41. The van der Waals surface area contributed by atoms with Crippen LogP contribution in [0.15, 0.2) is 30.3 Å². The van der Waals surface area contributed by atoms with E-state index in [-0.39, 0.29) is 23.6 Å². The lowest BCUT2D eigenvalue weighted by Gasteiger charge is -2.34. The standard InChI is InChI=1S/C23H32N4O3S/c1-17-22(18(2)25(3)24-17)21-10-7-13-27(21)23(28)20-11-14-26(15-12-20)31(29,30)16-19-8-5-4-6-9-19/h4-6,8-9,20-21H,7,10-16H2,1-3H3. The van der Waals surface area contributed by atoms with Crippen LogP contribution in [0.25, 0.3) is 0 Å². The molecule has 1 aromatic carbocycles. The number of benzene rings is 1. The zero-order valence-electron chi connectivity index (χ0n) is 18.6. The third-order valence-electron chi connectivity index (χ3n) is 6.82. The second kappa shape index (κ2) is 8.74. The van der Waals surface area contributed by atoms with Crippen molar-refractivity contribution in [3.63, 3.8) is 0 Å². The summed E-state index contributed by atoms with van der Waals surface area (Å²) in [5.74, 6) is 0.0755. The molecule has 4 rings (SSSR count). The smallest absolute Gasteiger partial charge is 0.226 e. The van der Waals surface area contributed by atoms with Crippen LogP contribution in [0.5, 0.6) is 0 Å². The van der Waals surface area contributed by atoms with Gasteiger partial charge in [0.2, 0.25) is 15.9 Å². The Morgan fingerprint density at radius 1 is 1.06 bits per heavy atom. The van der Waals surface area contributed by atoms with Gasteiger partial charge in [0.15, 0.2) is 0 Å². The third-order valence-corrected chi connectivity index (χ3v) is 8.67. The Labute approximate surface area is 185 Å². The molecular weight excluding hydrogens is 412 g/mol. The number of aryl methyl sites for hydroxylation is 2. The minimum absolute atomic E-state index is 0.0141. The van der Waals surface area contributed by atoms with Gasteiger partial charge in [0.05, 0.1) is 17.5 Å². The summed E-state index contributed by atoms with van der Waals surface area (Å²) in [5.41, 5.74) is 4.08. The maximum Gasteiger partial charge on any atom is 0.226 e. The molecule has 0 bridgehead atoms. The van der Waals surface area contributed by atoms with E-state index < -0.39 is 10.0 Å². The predicted octanol–water partition coefficient (Wildman–Crippen LogP) is 2.94. The first-order chi connectivity index (χ1) is 14.8. The van der Waals surface area contributed by atoms with Crippen LogP contribution in [0.4, 0.5) is 0 Å². The number of sulfonamides is 1. The molecule has 2 aliphatic heterocycles. The molecule has 1 aromatic heterocycles. The van der Waals surface area contributed by atoms with E-state index in [9.17, 15) is 13.2 Å². The molecule has 31 heavy (non-hydrogen) atoms. The summed E-state index contributed by atoms with van der Waals surface area (Å²) in [4.78, 5) is 15.4. The second-order valence-corrected chi connectivity index (χ2v) is 10.8. The maximum absolute atomic E-state index is 13.4. The Balaban J connectivity index is 1.41. The first-order valence-corrected chi connectivity index (χ1v) is 12.7. The van der Waals surface area contributed by atoms with E-state index in [2.05, 4.69) is 12.0 Å². The van der Waals surface area contributed by atoms with Crippen molar-refractivity contribution >= 4 is 15.9 Å². The molecule has 2 aliphatic rings. The SMILES string of the molecule is Cc1nn(C)c(C)c1C1CCCN1C(=O)C1CCN(S(=O)(=O)Cc2ccccc2)CC1. The summed E-state index contributed by atoms with van der Waals surface area (Å²) in [6.07, 6.45) is 3.13. The number of amides is 1. The average molecular weight is 445 g/mol. The fraction of sp³-hybridized carbons (Fsp3) is 0.565. The van der Waals surface area contributed by atoms with E-state index in [4.69, 9.17) is 0 Å². The number of carbonyl (C=O) groups excluding carboxylic acids is 1. The molecule has 1 unspecified atom stereocenters. The molecule has 8 heteroatoms. The summed E-state index contributed by atoms with van der Waals surface area (Å²) in [5, 5.41) is 4.54. The second-order valence-electron chi connectivity index (χ2n) is 8.81. The van der Waals surface area contributed by atoms with Crippen molar-refractivity contribution in [3.8, 4) is 0 Å². The molecule has 3 heterocycles. The van der Waals surface area contributed by atoms with Gasteiger partial charge in [-0.1, -0.05) is 30.3 Å². The van der Waals surface area contributed by atoms with Gasteiger partial charge in [-0.25, -0.2) is 12.7 Å². The molecule has 168 valence electrons. The van der Waals surface area contributed by atoms with E-state index in [1.54, 1.807) is 4.31 Å². The van der Waals surface area contributed by atoms with E-state index in [0.717, 1.165) is 36.3 Å². The molecule has 2 saturated heterocycles. The molecule has 0 spiro atoms. The summed E-state index contributed by atoms with van der Waals surface area (Å²) < 4.78 is 29.1. The molecule has 0 aliphatic carbocycles. The molecule has 1 amide bonds. The Hall–Kier alpha value is -2.19. The molecule has 0 saturated carbocycles. The highest BCUT2D eigenvalue weighted by Gasteiger charge is 2.38. The summed E-state index contributed by atoms with van der Waals surface area (Å²) in [6, 6.07) is 9.35. The highest BCUT2D eigenvalue weighted by Crippen LogP contribution is 2.37. The van der Waals surface area contributed by atoms with Crippen LogP contribution in [-0.2, 0) is 27.6 Å². The molecule has 1 atom stereocenters. The van der Waals surface area contributed by atoms with E-state index >= 15 is 0 Å². The molecule has 2 fully saturated rings. The lowest BCUT2D eigenvalue weighted by atomic mass is 9.95. The number of hydrogen-bond acceptors (Lipinski definition) is 4. The van der Waals surface area contributed by atoms with E-state index in [0.29, 0.717) is 25.9 Å². The first-order valence-electron chi connectivity index (χ1n) is 11.1. The van der Waals surface area contributed by atoms with Crippen LogP contribution in [0, 0.1) is 19.8 Å². The highest BCUT2D eigenvalue weighted by molar-refractivity contribution is 7.88. The molecule has 0 radical (unpaired) electrons. The lowest BCUT2D eigenvalue weighted by molar-refractivity contribution is -0.137. The number of hydrogen-bond donors (Lipinski definition) is 0. The molecule has 2 aromatic rings. The number of piperidine rings is 1. The number of rotatable bonds is 5. The van der Waals surface area contributed by atoms with Gasteiger partial charge in [-0.3, -0.25) is 9.48 Å². The highest BCUT2D eigenvalue weighted by atomic mass is 32.2. The Kier molecular flexibility index (Phi) is 6.21. The van der Waals surface area contributed by atoms with Gasteiger partial charge in [-0.15, -0.1) is 0 Å². The summed E-state index contributed by atoms with van der Waals surface area (Å²) >= 11 is 0. The van der Waals surface area contributed by atoms with Crippen molar-refractivity contribution in [2.45, 2.75) is 51.3 Å². The molecule has 0 N–H and O–H groups in total. The van der Waals surface area contributed by atoms with Gasteiger partial charge in [0, 0.05) is 43.9 Å². The predicted molar refractivity (Wildman–Crippen MR) is 120 cm³/mol. The Bertz CT molecular complexity index is 1040. The average Bonchev–Trinajstić information content (AvgIpc) is 3.32. The van der Waals surface area contributed by atoms with Gasteiger partial charge in [0.25, 0.3) is 0 Å². The van der Waals surface area contributed by atoms with Crippen molar-refractivity contribution in [1.82, 2.24) is 19.0 Å². The monoisotopic (exact) mass is 444 g/mol. The van der Waals surface area contributed by atoms with E-state index in [1.165, 1.54) is 5.56 Å². The largest absolute Gasteiger partial charge is 0.335 e. The number of aromatic nitrogens is 2. The number of carbonyl (C=O) groups is 1. The van der Waals surface area contributed by atoms with Gasteiger partial charge in [0.1, 0.15) is 0 Å². The normalized spacial score (nSPS) is 21.0. The van der Waals surface area contributed by atoms with Crippen LogP contribution >= 0.6 is 0 Å². The van der Waals surface area contributed by atoms with Crippen LogP contribution in [-0.4, -0.2) is 52.9 Å². The van der Waals surface area contributed by atoms with Crippen molar-refractivity contribution in [2.75, 3.05) is 19.6 Å². The number of nitrogens with zero attached hydrogens (tertiary/aromatic N) is 4. The van der Waals surface area contributed by atoms with Crippen molar-refractivity contribution in [1.29, 1.82) is 0 Å². The zero-order valence-corrected chi connectivity index (χ0v) is 19.4. The fourth-order valence-corrected chi connectivity index (χ4v) is 6.66. The molecule has 7 nitrogen and oxygen atoms in total. The quantitative estimate of drug-likeness (QED) is 0.711. The van der Waals surface area contributed by atoms with Crippen molar-refractivity contribution in [2.24, 2.45) is 13.0 Å². The van der Waals surface area contributed by atoms with Gasteiger partial charge in [-0.2, -0.15) is 5.10 Å². The maximum atomic E-state index is 13.4. The Morgan fingerprint density at radius 3 is 2.35 bits per heavy atom. The topological polar surface area (TPSA) is 75.5 Å². The summed E-state index contributed by atoms with van der Waals surface area (Å²) in [7, 11) is -1.43. The van der Waals surface area contributed by atoms with Crippen LogP contribution in [0.1, 0.15) is 54.2 Å². The van der Waals surface area contributed by atoms with Gasteiger partial charge >= 0.3 is 0 Å². The van der Waals surface area contributed by atoms with Crippen LogP contribution in [0.3, 0.4) is 0 Å².